The van der Waals surface area contributed by atoms with E-state index in [0.29, 0.717) is 6.42 Å². The zero-order valence-electron chi connectivity index (χ0n) is 23.0. The highest BCUT2D eigenvalue weighted by Gasteiger charge is 2.52. The molecule has 2 aliphatic heterocycles. The molecule has 1 aromatic rings. The molecule has 7 atom stereocenters. The molecule has 204 valence electrons. The molecular formula is C28H40N2O6S. The first-order valence-electron chi connectivity index (χ1n) is 12.8. The number of nitrogens with zero attached hydrogens (tertiary/aromatic N) is 2. The number of ketones is 2. The minimum Gasteiger partial charge on any atom is -0.392 e. The molecule has 2 N–H and O–H groups in total. The molecule has 37 heavy (non-hydrogen) atoms. The van der Waals surface area contributed by atoms with Crippen LogP contribution in [0, 0.1) is 24.2 Å². The Morgan fingerprint density at radius 3 is 2.43 bits per heavy atom. The molecular weight excluding hydrogens is 492 g/mol. The van der Waals surface area contributed by atoms with Gasteiger partial charge in [0.05, 0.1) is 46.9 Å². The number of amides is 1. The van der Waals surface area contributed by atoms with Gasteiger partial charge in [-0.1, -0.05) is 27.7 Å². The normalized spacial score (nSPS) is 36.9. The van der Waals surface area contributed by atoms with Crippen molar-refractivity contribution in [1.29, 1.82) is 0 Å². The third kappa shape index (κ3) is 6.28. The molecule has 1 fully saturated rings. The molecule has 0 saturated carbocycles. The molecule has 3 heterocycles. The maximum absolute atomic E-state index is 13.4. The average molecular weight is 533 g/mol. The number of hydrogen-bond donors (Lipinski definition) is 2. The average Bonchev–Trinajstić information content (AvgIpc) is 3.30. The second-order valence-electron chi connectivity index (χ2n) is 11.3. The van der Waals surface area contributed by atoms with Gasteiger partial charge in [0.15, 0.2) is 5.78 Å². The van der Waals surface area contributed by atoms with Gasteiger partial charge in [-0.15, -0.1) is 11.3 Å². The SMILES string of the molecule is CC(=Cc1csc(C)n1)C1CC2OC2(C)/C=C\C(=O)C(C)C(O)C(C)C(=O)C(C)(C)C(O)CC(=O)N1C. The first-order valence-corrected chi connectivity index (χ1v) is 13.6. The van der Waals surface area contributed by atoms with Crippen LogP contribution in [0.5, 0.6) is 0 Å². The van der Waals surface area contributed by atoms with E-state index in [1.165, 1.54) is 6.08 Å². The van der Waals surface area contributed by atoms with Crippen molar-refractivity contribution in [1.82, 2.24) is 9.88 Å². The predicted octanol–water partition coefficient (Wildman–Crippen LogP) is 3.35. The van der Waals surface area contributed by atoms with Crippen molar-refractivity contribution in [3.63, 3.8) is 0 Å². The van der Waals surface area contributed by atoms with Crippen LogP contribution in [0.25, 0.3) is 6.08 Å². The number of aliphatic hydroxyl groups excluding tert-OH is 2. The van der Waals surface area contributed by atoms with Gasteiger partial charge in [-0.05, 0) is 44.6 Å². The highest BCUT2D eigenvalue weighted by Crippen LogP contribution is 2.42. The van der Waals surface area contributed by atoms with Crippen molar-refractivity contribution in [3.05, 3.63) is 33.8 Å². The fourth-order valence-corrected chi connectivity index (χ4v) is 5.54. The number of hydrogen-bond acceptors (Lipinski definition) is 8. The predicted molar refractivity (Wildman–Crippen MR) is 143 cm³/mol. The number of aliphatic hydroxyl groups is 2. The minimum absolute atomic E-state index is 0.229. The van der Waals surface area contributed by atoms with Gasteiger partial charge in [0.25, 0.3) is 0 Å². The summed E-state index contributed by atoms with van der Waals surface area (Å²) in [5.74, 6) is -2.72. The Labute approximate surface area is 223 Å². The fraction of sp³-hybridized carbons (Fsp3) is 0.643. The number of carbonyl (C=O) groups is 3. The highest BCUT2D eigenvalue weighted by molar-refractivity contribution is 7.09. The van der Waals surface area contributed by atoms with Crippen LogP contribution in [0.15, 0.2) is 23.1 Å². The van der Waals surface area contributed by atoms with Gasteiger partial charge in [0.1, 0.15) is 11.4 Å². The Morgan fingerprint density at radius 2 is 1.84 bits per heavy atom. The van der Waals surface area contributed by atoms with E-state index in [1.807, 2.05) is 32.2 Å². The Hall–Kier alpha value is -2.20. The minimum atomic E-state index is -1.30. The Balaban J connectivity index is 1.99. The van der Waals surface area contributed by atoms with Crippen molar-refractivity contribution in [2.75, 3.05) is 7.05 Å². The highest BCUT2D eigenvalue weighted by atomic mass is 32.1. The van der Waals surface area contributed by atoms with Crippen LogP contribution >= 0.6 is 11.3 Å². The number of aromatic nitrogens is 1. The zero-order chi connectivity index (χ0) is 27.9. The summed E-state index contributed by atoms with van der Waals surface area (Å²) in [5, 5.41) is 24.7. The third-order valence-corrected chi connectivity index (χ3v) is 8.91. The number of allylic oxidation sites excluding steroid dienone is 1. The summed E-state index contributed by atoms with van der Waals surface area (Å²) >= 11 is 1.55. The lowest BCUT2D eigenvalue weighted by atomic mass is 9.73. The van der Waals surface area contributed by atoms with Crippen molar-refractivity contribution >= 4 is 34.9 Å². The van der Waals surface area contributed by atoms with Crippen molar-refractivity contribution in [2.45, 2.75) is 91.3 Å². The monoisotopic (exact) mass is 532 g/mol. The number of likely N-dealkylation sites (N-methyl/N-ethyl adjacent to an activating group) is 1. The lowest BCUT2D eigenvalue weighted by Crippen LogP contribution is -2.48. The molecule has 3 rings (SSSR count). The molecule has 1 amide bonds. The van der Waals surface area contributed by atoms with E-state index in [-0.39, 0.29) is 30.3 Å². The molecule has 7 unspecified atom stereocenters. The van der Waals surface area contributed by atoms with Gasteiger partial charge in [-0.2, -0.15) is 0 Å². The van der Waals surface area contributed by atoms with Crippen LogP contribution in [0.4, 0.5) is 0 Å². The maximum Gasteiger partial charge on any atom is 0.225 e. The molecule has 0 spiro atoms. The number of ether oxygens (including phenoxy) is 1. The van der Waals surface area contributed by atoms with E-state index >= 15 is 0 Å². The van der Waals surface area contributed by atoms with Gasteiger partial charge >= 0.3 is 0 Å². The Bertz CT molecular complexity index is 1110. The van der Waals surface area contributed by atoms with Gasteiger partial charge in [0.2, 0.25) is 5.91 Å². The van der Waals surface area contributed by atoms with Gasteiger partial charge in [-0.25, -0.2) is 4.98 Å². The summed E-state index contributed by atoms with van der Waals surface area (Å²) in [7, 11) is 1.69. The second kappa shape index (κ2) is 10.9. The molecule has 0 aliphatic carbocycles. The van der Waals surface area contributed by atoms with Crippen LogP contribution in [0.3, 0.4) is 0 Å². The third-order valence-electron chi connectivity index (χ3n) is 8.12. The number of Topliss-reactive ketones (excluding diaryl/α,β-unsaturated/α-hetero) is 1. The zero-order valence-corrected chi connectivity index (χ0v) is 23.8. The van der Waals surface area contributed by atoms with Crippen LogP contribution in [0.2, 0.25) is 0 Å². The summed E-state index contributed by atoms with van der Waals surface area (Å²) in [5.41, 5.74) is -0.259. The van der Waals surface area contributed by atoms with Crippen LogP contribution in [-0.4, -0.2) is 74.6 Å². The number of rotatable bonds is 2. The van der Waals surface area contributed by atoms with E-state index in [1.54, 1.807) is 57.1 Å². The maximum atomic E-state index is 13.4. The van der Waals surface area contributed by atoms with Gasteiger partial charge in [0, 0.05) is 30.7 Å². The first-order chi connectivity index (χ1) is 17.1. The molecule has 0 radical (unpaired) electrons. The summed E-state index contributed by atoms with van der Waals surface area (Å²) in [6, 6.07) is -0.343. The van der Waals surface area contributed by atoms with E-state index in [9.17, 15) is 24.6 Å². The summed E-state index contributed by atoms with van der Waals surface area (Å²) in [6.45, 7) is 12.0. The number of carbonyl (C=O) groups excluding carboxylic acids is 3. The number of thiazole rings is 1. The number of epoxide rings is 1. The summed E-state index contributed by atoms with van der Waals surface area (Å²) in [6.07, 6.45) is 2.58. The molecule has 0 aromatic carbocycles. The van der Waals surface area contributed by atoms with Crippen molar-refractivity contribution in [2.24, 2.45) is 17.3 Å². The van der Waals surface area contributed by atoms with E-state index in [0.717, 1.165) is 16.3 Å². The topological polar surface area (TPSA) is 120 Å². The molecule has 1 saturated heterocycles. The summed E-state index contributed by atoms with van der Waals surface area (Å²) in [4.78, 5) is 45.6. The van der Waals surface area contributed by atoms with Crippen LogP contribution in [0.1, 0.15) is 65.1 Å². The van der Waals surface area contributed by atoms with E-state index in [4.69, 9.17) is 4.74 Å². The molecule has 0 bridgehead atoms. The van der Waals surface area contributed by atoms with Crippen LogP contribution in [-0.2, 0) is 19.1 Å². The molecule has 9 heteroatoms. The van der Waals surface area contributed by atoms with E-state index in [2.05, 4.69) is 4.98 Å². The quantitative estimate of drug-likeness (QED) is 0.561. The first kappa shape index (κ1) is 29.4. The van der Waals surface area contributed by atoms with E-state index < -0.39 is 40.8 Å². The smallest absolute Gasteiger partial charge is 0.225 e. The molecule has 1 aromatic heterocycles. The molecule has 2 aliphatic rings. The Kier molecular flexibility index (Phi) is 8.64. The summed E-state index contributed by atoms with van der Waals surface area (Å²) < 4.78 is 5.97. The van der Waals surface area contributed by atoms with Gasteiger partial charge < -0.3 is 19.8 Å². The number of aryl methyl sites for hydroxylation is 1. The van der Waals surface area contributed by atoms with Crippen molar-refractivity contribution < 1.29 is 29.3 Å². The lowest BCUT2D eigenvalue weighted by Gasteiger charge is -2.35. The standard InChI is InChI=1S/C28H40N2O6S/c1-15(11-19-14-37-18(4)29-19)20-12-23-28(7,36-23)10-9-21(31)16(2)25(34)17(3)26(35)27(5,6)22(32)13-24(33)30(20)8/h9-11,14,16-17,20,22-23,25,32,34H,12-13H2,1-8H3/b10-9-,15-11?. The molecule has 8 nitrogen and oxygen atoms in total. The van der Waals surface area contributed by atoms with Crippen LogP contribution < -0.4 is 0 Å². The van der Waals surface area contributed by atoms with Crippen molar-refractivity contribution in [3.8, 4) is 0 Å². The second-order valence-corrected chi connectivity index (χ2v) is 12.4. The fourth-order valence-electron chi connectivity index (χ4n) is 4.97. The number of fused-ring (bicyclic) bond motifs is 1. The largest absolute Gasteiger partial charge is 0.392 e. The lowest BCUT2D eigenvalue weighted by molar-refractivity contribution is -0.145. The Morgan fingerprint density at radius 1 is 1.19 bits per heavy atom. The van der Waals surface area contributed by atoms with Gasteiger partial charge in [-0.3, -0.25) is 14.4 Å².